The van der Waals surface area contributed by atoms with Crippen molar-refractivity contribution in [1.82, 2.24) is 4.90 Å². The first-order valence-corrected chi connectivity index (χ1v) is 10.9. The fourth-order valence-corrected chi connectivity index (χ4v) is 4.13. The minimum Gasteiger partial charge on any atom is -0.379 e. The van der Waals surface area contributed by atoms with E-state index in [9.17, 15) is 36.1 Å². The van der Waals surface area contributed by atoms with Gasteiger partial charge in [-0.2, -0.15) is 13.2 Å². The van der Waals surface area contributed by atoms with Crippen LogP contribution in [0.3, 0.4) is 0 Å². The van der Waals surface area contributed by atoms with Crippen LogP contribution in [0.1, 0.15) is 11.6 Å². The molecule has 1 fully saturated rings. The number of nitrogens with one attached hydrogen (secondary N) is 1. The van der Waals surface area contributed by atoms with Crippen LogP contribution in [-0.4, -0.2) is 56.6 Å². The maximum atomic E-state index is 13.3. The Morgan fingerprint density at radius 1 is 1.12 bits per heavy atom. The summed E-state index contributed by atoms with van der Waals surface area (Å²) in [5.74, 6) is -0.431. The molecular weight excluding hydrogens is 458 g/mol. The molecular formula is C19H19F4N3O5S. The lowest BCUT2D eigenvalue weighted by Gasteiger charge is -2.35. The van der Waals surface area contributed by atoms with Crippen LogP contribution in [0.15, 0.2) is 47.4 Å². The Hall–Kier alpha value is -2.77. The van der Waals surface area contributed by atoms with Gasteiger partial charge in [0.05, 0.1) is 29.1 Å². The Labute approximate surface area is 180 Å². The van der Waals surface area contributed by atoms with Crippen molar-refractivity contribution in [3.05, 3.63) is 64.0 Å². The van der Waals surface area contributed by atoms with E-state index < -0.39 is 36.7 Å². The third-order valence-corrected chi connectivity index (χ3v) is 6.49. The number of nitro benzene ring substituents is 1. The van der Waals surface area contributed by atoms with Crippen LogP contribution in [0.4, 0.5) is 28.9 Å². The maximum absolute atomic E-state index is 13.3. The molecule has 2 aromatic carbocycles. The highest BCUT2D eigenvalue weighted by atomic mass is 32.2. The van der Waals surface area contributed by atoms with Gasteiger partial charge in [0, 0.05) is 25.7 Å². The topological polar surface area (TPSA) is 102 Å². The fraction of sp³-hybridized carbons (Fsp3) is 0.368. The van der Waals surface area contributed by atoms with Crippen LogP contribution in [0, 0.1) is 15.9 Å². The highest BCUT2D eigenvalue weighted by molar-refractivity contribution is 7.92. The fourth-order valence-electron chi connectivity index (χ4n) is 3.35. The summed E-state index contributed by atoms with van der Waals surface area (Å²) < 4.78 is 80.3. The number of morpholine rings is 1. The van der Waals surface area contributed by atoms with Gasteiger partial charge >= 0.3 is 5.51 Å². The summed E-state index contributed by atoms with van der Waals surface area (Å²) in [6.07, 6.45) is 0. The summed E-state index contributed by atoms with van der Waals surface area (Å²) in [7, 11) is -5.73. The number of anilines is 1. The molecule has 0 spiro atoms. The minimum absolute atomic E-state index is 0.0951. The summed E-state index contributed by atoms with van der Waals surface area (Å²) in [5, 5.41) is 14.3. The first-order chi connectivity index (χ1) is 15.0. The molecule has 3 rings (SSSR count). The standard InChI is InChI=1S/C19H19F4N3O5S/c20-14-3-1-13(2-4-14)18(25-7-9-31-10-8-25)12-24-16-6-5-15(11-17(16)26(27)28)32(29,30)19(21,22)23/h1-6,11,18,24H,7-10,12H2. The molecule has 0 aromatic heterocycles. The monoisotopic (exact) mass is 477 g/mol. The Morgan fingerprint density at radius 3 is 2.31 bits per heavy atom. The lowest BCUT2D eigenvalue weighted by molar-refractivity contribution is -0.384. The highest BCUT2D eigenvalue weighted by Gasteiger charge is 2.47. The predicted molar refractivity (Wildman–Crippen MR) is 106 cm³/mol. The van der Waals surface area contributed by atoms with Gasteiger partial charge in [-0.05, 0) is 29.8 Å². The second-order valence-corrected chi connectivity index (χ2v) is 8.92. The third kappa shape index (κ3) is 5.16. The molecule has 1 N–H and O–H groups in total. The van der Waals surface area contributed by atoms with Crippen molar-refractivity contribution in [2.45, 2.75) is 16.4 Å². The number of alkyl halides is 3. The first-order valence-electron chi connectivity index (χ1n) is 9.41. The van der Waals surface area contributed by atoms with E-state index in [4.69, 9.17) is 4.74 Å². The molecule has 0 amide bonds. The van der Waals surface area contributed by atoms with Crippen molar-refractivity contribution in [3.63, 3.8) is 0 Å². The van der Waals surface area contributed by atoms with Crippen LogP contribution < -0.4 is 5.32 Å². The highest BCUT2D eigenvalue weighted by Crippen LogP contribution is 2.35. The van der Waals surface area contributed by atoms with E-state index in [0.717, 1.165) is 11.6 Å². The largest absolute Gasteiger partial charge is 0.501 e. The molecule has 0 bridgehead atoms. The number of rotatable bonds is 7. The van der Waals surface area contributed by atoms with Crippen LogP contribution in [0.5, 0.6) is 0 Å². The van der Waals surface area contributed by atoms with E-state index in [1.807, 2.05) is 4.90 Å². The quantitative estimate of drug-likeness (QED) is 0.370. The molecule has 0 aliphatic carbocycles. The summed E-state index contributed by atoms with van der Waals surface area (Å²) in [4.78, 5) is 11.3. The summed E-state index contributed by atoms with van der Waals surface area (Å²) in [6, 6.07) is 7.33. The second-order valence-electron chi connectivity index (χ2n) is 6.98. The molecule has 1 atom stereocenters. The lowest BCUT2D eigenvalue weighted by atomic mass is 10.0. The molecule has 32 heavy (non-hydrogen) atoms. The van der Waals surface area contributed by atoms with Gasteiger partial charge in [-0.25, -0.2) is 12.8 Å². The van der Waals surface area contributed by atoms with E-state index in [1.54, 1.807) is 12.1 Å². The van der Waals surface area contributed by atoms with Gasteiger partial charge in [-0.1, -0.05) is 12.1 Å². The van der Waals surface area contributed by atoms with Crippen molar-refractivity contribution in [3.8, 4) is 0 Å². The number of nitro groups is 1. The Bertz CT molecular complexity index is 1070. The smallest absolute Gasteiger partial charge is 0.379 e. The zero-order valence-corrected chi connectivity index (χ0v) is 17.3. The van der Waals surface area contributed by atoms with E-state index in [0.29, 0.717) is 38.4 Å². The van der Waals surface area contributed by atoms with E-state index in [-0.39, 0.29) is 18.3 Å². The van der Waals surface area contributed by atoms with E-state index in [2.05, 4.69) is 5.32 Å². The van der Waals surface area contributed by atoms with E-state index in [1.165, 1.54) is 12.1 Å². The van der Waals surface area contributed by atoms with E-state index >= 15 is 0 Å². The second kappa shape index (κ2) is 9.38. The van der Waals surface area contributed by atoms with Gasteiger partial charge in [-0.15, -0.1) is 0 Å². The summed E-state index contributed by atoms with van der Waals surface area (Å²) >= 11 is 0. The number of benzene rings is 2. The molecule has 2 aromatic rings. The third-order valence-electron chi connectivity index (χ3n) is 5.01. The Kier molecular flexibility index (Phi) is 7.00. The average Bonchev–Trinajstić information content (AvgIpc) is 2.75. The molecule has 13 heteroatoms. The van der Waals surface area contributed by atoms with Gasteiger partial charge in [0.2, 0.25) is 0 Å². The zero-order chi connectivity index (χ0) is 23.5. The Morgan fingerprint density at radius 2 is 1.75 bits per heavy atom. The van der Waals surface area contributed by atoms with Crippen LogP contribution in [0.25, 0.3) is 0 Å². The molecule has 1 unspecified atom stereocenters. The van der Waals surface area contributed by atoms with Gasteiger partial charge in [0.25, 0.3) is 15.5 Å². The van der Waals surface area contributed by atoms with Gasteiger partial charge < -0.3 is 10.1 Å². The van der Waals surface area contributed by atoms with Crippen molar-refractivity contribution in [1.29, 1.82) is 0 Å². The molecule has 174 valence electrons. The predicted octanol–water partition coefficient (Wildman–Crippen LogP) is 3.51. The number of hydrogen-bond acceptors (Lipinski definition) is 7. The van der Waals surface area contributed by atoms with Crippen molar-refractivity contribution >= 4 is 21.2 Å². The van der Waals surface area contributed by atoms with Crippen LogP contribution >= 0.6 is 0 Å². The number of sulfone groups is 1. The summed E-state index contributed by atoms with van der Waals surface area (Å²) in [6.45, 7) is 2.12. The van der Waals surface area contributed by atoms with Gasteiger partial charge in [-0.3, -0.25) is 15.0 Å². The zero-order valence-electron chi connectivity index (χ0n) is 16.5. The molecule has 0 saturated carbocycles. The molecule has 1 saturated heterocycles. The molecule has 0 radical (unpaired) electrons. The number of nitrogens with zero attached hydrogens (tertiary/aromatic N) is 2. The van der Waals surface area contributed by atoms with Gasteiger partial charge in [0.15, 0.2) is 0 Å². The average molecular weight is 477 g/mol. The normalized spacial score (nSPS) is 16.5. The molecule has 1 aliphatic heterocycles. The number of halogens is 4. The SMILES string of the molecule is O=[N+]([O-])c1cc(S(=O)(=O)C(F)(F)F)ccc1NCC(c1ccc(F)cc1)N1CCOCC1. The first kappa shape index (κ1) is 23.9. The van der Waals surface area contributed by atoms with Crippen LogP contribution in [0.2, 0.25) is 0 Å². The van der Waals surface area contributed by atoms with Crippen LogP contribution in [-0.2, 0) is 14.6 Å². The summed E-state index contributed by atoms with van der Waals surface area (Å²) in [5.41, 5.74) is -5.81. The van der Waals surface area contributed by atoms with Crippen molar-refractivity contribution in [2.75, 3.05) is 38.2 Å². The van der Waals surface area contributed by atoms with Crippen molar-refractivity contribution in [2.24, 2.45) is 0 Å². The number of ether oxygens (including phenoxy) is 1. The lowest BCUT2D eigenvalue weighted by Crippen LogP contribution is -2.41. The Balaban J connectivity index is 1.90. The van der Waals surface area contributed by atoms with Crippen molar-refractivity contribution < 1.29 is 35.6 Å². The number of hydrogen-bond donors (Lipinski definition) is 1. The van der Waals surface area contributed by atoms with Gasteiger partial charge in [0.1, 0.15) is 11.5 Å². The molecule has 8 nitrogen and oxygen atoms in total. The maximum Gasteiger partial charge on any atom is 0.501 e. The minimum atomic E-state index is -5.73. The molecule has 1 heterocycles. The molecule has 1 aliphatic rings.